The number of aromatic amines is 1. The van der Waals surface area contributed by atoms with Gasteiger partial charge in [-0.2, -0.15) is 5.10 Å². The average Bonchev–Trinajstić information content (AvgIpc) is 3.00. The Hall–Kier alpha value is -2.73. The molecule has 3 aromatic rings. The summed E-state index contributed by atoms with van der Waals surface area (Å²) in [7, 11) is 0. The molecular formula is C16H10ClF2N3O. The quantitative estimate of drug-likeness (QED) is 0.752. The Kier molecular flexibility index (Phi) is 4.08. The van der Waals surface area contributed by atoms with E-state index in [1.165, 1.54) is 6.07 Å². The molecule has 0 saturated heterocycles. The van der Waals surface area contributed by atoms with Crippen LogP contribution in [0.4, 0.5) is 14.5 Å². The van der Waals surface area contributed by atoms with Crippen molar-refractivity contribution in [3.8, 4) is 11.3 Å². The van der Waals surface area contributed by atoms with E-state index >= 15 is 0 Å². The molecule has 23 heavy (non-hydrogen) atoms. The van der Waals surface area contributed by atoms with Crippen molar-refractivity contribution in [2.45, 2.75) is 0 Å². The van der Waals surface area contributed by atoms with Gasteiger partial charge in [-0.25, -0.2) is 8.78 Å². The van der Waals surface area contributed by atoms with Crippen molar-refractivity contribution < 1.29 is 13.6 Å². The molecule has 7 heteroatoms. The molecule has 2 N–H and O–H groups in total. The van der Waals surface area contributed by atoms with E-state index in [2.05, 4.69) is 15.5 Å². The van der Waals surface area contributed by atoms with E-state index in [9.17, 15) is 13.6 Å². The maximum absolute atomic E-state index is 13.5. The van der Waals surface area contributed by atoms with E-state index in [4.69, 9.17) is 11.6 Å². The van der Waals surface area contributed by atoms with Crippen LogP contribution >= 0.6 is 11.6 Å². The molecule has 3 rings (SSSR count). The van der Waals surface area contributed by atoms with Gasteiger partial charge in [-0.1, -0.05) is 23.7 Å². The number of aromatic nitrogens is 2. The average molecular weight is 334 g/mol. The minimum atomic E-state index is -0.854. The van der Waals surface area contributed by atoms with Crippen molar-refractivity contribution in [3.63, 3.8) is 0 Å². The van der Waals surface area contributed by atoms with Crippen molar-refractivity contribution >= 4 is 23.2 Å². The summed E-state index contributed by atoms with van der Waals surface area (Å²) in [5.74, 6) is -2.16. The molecule has 4 nitrogen and oxygen atoms in total. The predicted octanol–water partition coefficient (Wildman–Crippen LogP) is 4.26. The lowest BCUT2D eigenvalue weighted by Gasteiger charge is -2.04. The van der Waals surface area contributed by atoms with Crippen LogP contribution in [0.25, 0.3) is 11.3 Å². The number of nitrogens with one attached hydrogen (secondary N) is 2. The number of carbonyl (C=O) groups excluding carboxylic acids is 1. The normalized spacial score (nSPS) is 10.6. The maximum Gasteiger partial charge on any atom is 0.273 e. The van der Waals surface area contributed by atoms with Crippen LogP contribution in [0.15, 0.2) is 48.5 Å². The Morgan fingerprint density at radius 3 is 2.70 bits per heavy atom. The lowest BCUT2D eigenvalue weighted by Crippen LogP contribution is -2.13. The van der Waals surface area contributed by atoms with Gasteiger partial charge in [-0.15, -0.1) is 0 Å². The van der Waals surface area contributed by atoms with Gasteiger partial charge in [-0.3, -0.25) is 9.89 Å². The van der Waals surface area contributed by atoms with E-state index < -0.39 is 17.5 Å². The summed E-state index contributed by atoms with van der Waals surface area (Å²) in [4.78, 5) is 12.1. The summed E-state index contributed by atoms with van der Waals surface area (Å²) in [6.45, 7) is 0. The van der Waals surface area contributed by atoms with E-state index in [0.29, 0.717) is 16.8 Å². The van der Waals surface area contributed by atoms with Crippen LogP contribution < -0.4 is 5.32 Å². The van der Waals surface area contributed by atoms with Gasteiger partial charge < -0.3 is 5.32 Å². The lowest BCUT2D eigenvalue weighted by molar-refractivity contribution is 0.102. The van der Waals surface area contributed by atoms with Gasteiger partial charge in [0.05, 0.1) is 11.4 Å². The van der Waals surface area contributed by atoms with Crippen LogP contribution in [0.1, 0.15) is 10.5 Å². The zero-order valence-electron chi connectivity index (χ0n) is 11.6. The third-order valence-electron chi connectivity index (χ3n) is 3.12. The lowest BCUT2D eigenvalue weighted by atomic mass is 10.1. The largest absolute Gasteiger partial charge is 0.318 e. The zero-order valence-corrected chi connectivity index (χ0v) is 12.4. The van der Waals surface area contributed by atoms with E-state index in [1.54, 1.807) is 24.3 Å². The molecule has 0 fully saturated rings. The first-order valence-electron chi connectivity index (χ1n) is 6.61. The van der Waals surface area contributed by atoms with Gasteiger partial charge in [0.15, 0.2) is 0 Å². The molecule has 2 aromatic carbocycles. The monoisotopic (exact) mass is 333 g/mol. The Bertz CT molecular complexity index is 879. The molecular weight excluding hydrogens is 324 g/mol. The molecule has 1 heterocycles. The summed E-state index contributed by atoms with van der Waals surface area (Å²) in [6.07, 6.45) is 0. The number of carbonyl (C=O) groups is 1. The molecule has 1 amide bonds. The van der Waals surface area contributed by atoms with Crippen molar-refractivity contribution in [2.24, 2.45) is 0 Å². The minimum absolute atomic E-state index is 0.115. The number of H-pyrrole nitrogens is 1. The maximum atomic E-state index is 13.5. The van der Waals surface area contributed by atoms with Crippen LogP contribution in [0, 0.1) is 11.6 Å². The zero-order chi connectivity index (χ0) is 16.4. The molecule has 116 valence electrons. The van der Waals surface area contributed by atoms with E-state index in [-0.39, 0.29) is 11.4 Å². The highest BCUT2D eigenvalue weighted by Crippen LogP contribution is 2.22. The number of halogens is 3. The Balaban J connectivity index is 1.81. The first-order chi connectivity index (χ1) is 11.0. The second kappa shape index (κ2) is 6.18. The highest BCUT2D eigenvalue weighted by molar-refractivity contribution is 6.30. The van der Waals surface area contributed by atoms with Crippen LogP contribution in [-0.4, -0.2) is 16.1 Å². The molecule has 0 aliphatic heterocycles. The smallest absolute Gasteiger partial charge is 0.273 e. The summed E-state index contributed by atoms with van der Waals surface area (Å²) < 4.78 is 26.4. The number of rotatable bonds is 3. The second-order valence-corrected chi connectivity index (χ2v) is 5.19. The van der Waals surface area contributed by atoms with Crippen LogP contribution in [0.2, 0.25) is 5.02 Å². The molecule has 0 aliphatic carbocycles. The fourth-order valence-corrected chi connectivity index (χ4v) is 2.20. The van der Waals surface area contributed by atoms with E-state index in [1.807, 2.05) is 0 Å². The number of benzene rings is 2. The van der Waals surface area contributed by atoms with Gasteiger partial charge in [0.25, 0.3) is 5.91 Å². The third-order valence-corrected chi connectivity index (χ3v) is 3.36. The van der Waals surface area contributed by atoms with Gasteiger partial charge in [0.2, 0.25) is 0 Å². The second-order valence-electron chi connectivity index (χ2n) is 4.76. The van der Waals surface area contributed by atoms with Crippen molar-refractivity contribution in [2.75, 3.05) is 5.32 Å². The molecule has 1 aromatic heterocycles. The van der Waals surface area contributed by atoms with Crippen molar-refractivity contribution in [3.05, 3.63) is 70.9 Å². The molecule has 0 saturated carbocycles. The molecule has 0 atom stereocenters. The predicted molar refractivity (Wildman–Crippen MR) is 83.3 cm³/mol. The molecule has 0 radical (unpaired) electrons. The topological polar surface area (TPSA) is 57.8 Å². The summed E-state index contributed by atoms with van der Waals surface area (Å²) in [6, 6.07) is 11.4. The van der Waals surface area contributed by atoms with Crippen molar-refractivity contribution in [1.82, 2.24) is 10.2 Å². The summed E-state index contributed by atoms with van der Waals surface area (Å²) in [5, 5.41) is 9.50. The highest BCUT2D eigenvalue weighted by atomic mass is 35.5. The van der Waals surface area contributed by atoms with Gasteiger partial charge >= 0.3 is 0 Å². The molecule has 0 aliphatic rings. The Morgan fingerprint density at radius 2 is 1.96 bits per heavy atom. The van der Waals surface area contributed by atoms with Crippen LogP contribution in [-0.2, 0) is 0 Å². The van der Waals surface area contributed by atoms with E-state index in [0.717, 1.165) is 17.7 Å². The van der Waals surface area contributed by atoms with Gasteiger partial charge in [-0.05, 0) is 30.3 Å². The summed E-state index contributed by atoms with van der Waals surface area (Å²) >= 11 is 5.91. The van der Waals surface area contributed by atoms with Crippen molar-refractivity contribution in [1.29, 1.82) is 0 Å². The number of amides is 1. The fraction of sp³-hybridized carbons (Fsp3) is 0. The fourth-order valence-electron chi connectivity index (χ4n) is 2.01. The Morgan fingerprint density at radius 1 is 1.13 bits per heavy atom. The van der Waals surface area contributed by atoms with Gasteiger partial charge in [0, 0.05) is 16.7 Å². The molecule has 0 spiro atoms. The van der Waals surface area contributed by atoms with Crippen LogP contribution in [0.5, 0.6) is 0 Å². The Labute approximate surface area is 135 Å². The summed E-state index contributed by atoms with van der Waals surface area (Å²) in [5.41, 5.74) is 1.29. The number of anilines is 1. The number of hydrogen-bond acceptors (Lipinski definition) is 2. The minimum Gasteiger partial charge on any atom is -0.318 e. The molecule has 0 bridgehead atoms. The number of nitrogens with zero attached hydrogens (tertiary/aromatic N) is 1. The standard InChI is InChI=1S/C16H10ClF2N3O/c17-10-3-1-2-9(6-10)14-8-15(22-21-14)16(23)20-13-5-4-11(18)7-12(13)19/h1-8H,(H,20,23)(H,21,22). The number of hydrogen-bond donors (Lipinski definition) is 2. The van der Waals surface area contributed by atoms with Crippen LogP contribution in [0.3, 0.4) is 0 Å². The SMILES string of the molecule is O=C(Nc1ccc(F)cc1F)c1cc(-c2cccc(Cl)c2)n[nH]1. The first-order valence-corrected chi connectivity index (χ1v) is 6.98. The van der Waals surface area contributed by atoms with Gasteiger partial charge in [0.1, 0.15) is 17.3 Å². The first kappa shape index (κ1) is 15.2. The highest BCUT2D eigenvalue weighted by Gasteiger charge is 2.13. The third kappa shape index (κ3) is 3.37. The molecule has 0 unspecified atom stereocenters.